The standard InChI is InChI=1S/C20H27N5O5S/c1-24(2)8-4-7-22-20-16(14-21)23-19(30-20)15-5-6-17(28-3)18(13-15)31(26,27)25-9-11-29-12-10-25/h5-6,13,22H,4,7-12H2,1-3H3. The summed E-state index contributed by atoms with van der Waals surface area (Å²) in [6.45, 7) is 2.73. The molecular weight excluding hydrogens is 422 g/mol. The molecule has 0 aliphatic carbocycles. The van der Waals surface area contributed by atoms with Crippen molar-refractivity contribution in [1.29, 1.82) is 5.26 Å². The third-order valence-corrected chi connectivity index (χ3v) is 6.72. The van der Waals surface area contributed by atoms with Crippen LogP contribution in [0, 0.1) is 11.3 Å². The van der Waals surface area contributed by atoms with E-state index >= 15 is 0 Å². The summed E-state index contributed by atoms with van der Waals surface area (Å²) in [6, 6.07) is 6.69. The molecule has 2 heterocycles. The fraction of sp³-hybridized carbons (Fsp3) is 0.500. The van der Waals surface area contributed by atoms with Crippen LogP contribution in [0.3, 0.4) is 0 Å². The Bertz CT molecular complexity index is 1040. The van der Waals surface area contributed by atoms with Crippen LogP contribution >= 0.6 is 0 Å². The number of nitrogens with zero attached hydrogens (tertiary/aromatic N) is 4. The second-order valence-corrected chi connectivity index (χ2v) is 9.18. The Balaban J connectivity index is 1.90. The van der Waals surface area contributed by atoms with E-state index in [1.54, 1.807) is 12.1 Å². The predicted octanol–water partition coefficient (Wildman–Crippen LogP) is 1.61. The summed E-state index contributed by atoms with van der Waals surface area (Å²) >= 11 is 0. The molecule has 0 atom stereocenters. The van der Waals surface area contributed by atoms with E-state index in [1.165, 1.54) is 17.5 Å². The van der Waals surface area contributed by atoms with E-state index in [2.05, 4.69) is 15.2 Å². The van der Waals surface area contributed by atoms with Crippen molar-refractivity contribution in [2.45, 2.75) is 11.3 Å². The highest BCUT2D eigenvalue weighted by Gasteiger charge is 2.30. The molecule has 168 valence electrons. The number of anilines is 1. The molecule has 1 aromatic carbocycles. The molecule has 0 unspecified atom stereocenters. The zero-order valence-electron chi connectivity index (χ0n) is 17.9. The van der Waals surface area contributed by atoms with Crippen LogP contribution in [0.5, 0.6) is 5.75 Å². The fourth-order valence-corrected chi connectivity index (χ4v) is 4.76. The maximum atomic E-state index is 13.2. The predicted molar refractivity (Wildman–Crippen MR) is 114 cm³/mol. The zero-order chi connectivity index (χ0) is 22.4. The first-order valence-electron chi connectivity index (χ1n) is 9.92. The van der Waals surface area contributed by atoms with Crippen molar-refractivity contribution in [3.8, 4) is 23.3 Å². The molecule has 0 spiro atoms. The third kappa shape index (κ3) is 5.34. The van der Waals surface area contributed by atoms with Gasteiger partial charge in [0.15, 0.2) is 0 Å². The molecule has 10 nitrogen and oxygen atoms in total. The lowest BCUT2D eigenvalue weighted by molar-refractivity contribution is 0.0729. The van der Waals surface area contributed by atoms with Crippen LogP contribution in [-0.2, 0) is 14.8 Å². The molecule has 0 amide bonds. The van der Waals surface area contributed by atoms with E-state index in [1.807, 2.05) is 20.2 Å². The molecule has 0 saturated carbocycles. The number of ether oxygens (including phenoxy) is 2. The number of methoxy groups -OCH3 is 1. The van der Waals surface area contributed by atoms with Gasteiger partial charge in [0.1, 0.15) is 16.7 Å². The molecule has 1 saturated heterocycles. The van der Waals surface area contributed by atoms with Gasteiger partial charge in [-0.25, -0.2) is 8.42 Å². The number of oxazole rings is 1. The molecule has 2 aromatic rings. The minimum Gasteiger partial charge on any atom is -0.495 e. The van der Waals surface area contributed by atoms with Crippen molar-refractivity contribution in [3.63, 3.8) is 0 Å². The van der Waals surface area contributed by atoms with Gasteiger partial charge in [-0.05, 0) is 45.3 Å². The molecule has 11 heteroatoms. The summed E-state index contributed by atoms with van der Waals surface area (Å²) in [5, 5.41) is 12.5. The first kappa shape index (κ1) is 23.0. The number of sulfonamides is 1. The Labute approximate surface area is 182 Å². The highest BCUT2D eigenvalue weighted by Crippen LogP contribution is 2.33. The molecule has 1 fully saturated rings. The second kappa shape index (κ2) is 10.1. The van der Waals surface area contributed by atoms with Gasteiger partial charge < -0.3 is 24.1 Å². The maximum Gasteiger partial charge on any atom is 0.246 e. The Hall–Kier alpha value is -2.65. The number of aromatic nitrogens is 1. The van der Waals surface area contributed by atoms with E-state index in [0.717, 1.165) is 13.0 Å². The number of morpholine rings is 1. The van der Waals surface area contributed by atoms with Gasteiger partial charge in [0.2, 0.25) is 27.5 Å². The number of hydrogen-bond acceptors (Lipinski definition) is 9. The van der Waals surface area contributed by atoms with Gasteiger partial charge in [0.25, 0.3) is 0 Å². The van der Waals surface area contributed by atoms with Crippen LogP contribution in [0.25, 0.3) is 11.5 Å². The number of hydrogen-bond donors (Lipinski definition) is 1. The van der Waals surface area contributed by atoms with Gasteiger partial charge >= 0.3 is 0 Å². The summed E-state index contributed by atoms with van der Waals surface area (Å²) in [7, 11) is 1.59. The van der Waals surface area contributed by atoms with Crippen LogP contribution in [0.4, 0.5) is 5.88 Å². The van der Waals surface area contributed by atoms with Gasteiger partial charge in [-0.3, -0.25) is 0 Å². The third-order valence-electron chi connectivity index (χ3n) is 4.80. The second-order valence-electron chi connectivity index (χ2n) is 7.27. The van der Waals surface area contributed by atoms with Crippen LogP contribution in [-0.4, -0.2) is 83.2 Å². The van der Waals surface area contributed by atoms with Crippen LogP contribution in [0.2, 0.25) is 0 Å². The van der Waals surface area contributed by atoms with E-state index in [9.17, 15) is 13.7 Å². The molecule has 1 aliphatic rings. The Morgan fingerprint density at radius 1 is 1.32 bits per heavy atom. The Morgan fingerprint density at radius 2 is 2.06 bits per heavy atom. The fourth-order valence-electron chi connectivity index (χ4n) is 3.17. The van der Waals surface area contributed by atoms with Gasteiger partial charge in [0.05, 0.1) is 20.3 Å². The van der Waals surface area contributed by atoms with E-state index in [4.69, 9.17) is 13.9 Å². The van der Waals surface area contributed by atoms with Crippen molar-refractivity contribution >= 4 is 15.9 Å². The summed E-state index contributed by atoms with van der Waals surface area (Å²) in [5.41, 5.74) is 0.554. The van der Waals surface area contributed by atoms with Crippen molar-refractivity contribution in [2.75, 3.05) is 65.9 Å². The number of nitriles is 1. The number of nitrogens with one attached hydrogen (secondary N) is 1. The highest BCUT2D eigenvalue weighted by atomic mass is 32.2. The van der Waals surface area contributed by atoms with E-state index < -0.39 is 10.0 Å². The van der Waals surface area contributed by atoms with Gasteiger partial charge in [-0.2, -0.15) is 14.6 Å². The average Bonchev–Trinajstić information content (AvgIpc) is 3.20. The number of rotatable bonds is 9. The Morgan fingerprint density at radius 3 is 2.71 bits per heavy atom. The quantitative estimate of drug-likeness (QED) is 0.569. The number of benzene rings is 1. The zero-order valence-corrected chi connectivity index (χ0v) is 18.7. The molecule has 31 heavy (non-hydrogen) atoms. The lowest BCUT2D eigenvalue weighted by atomic mass is 10.2. The lowest BCUT2D eigenvalue weighted by Gasteiger charge is -2.26. The molecule has 0 radical (unpaired) electrons. The van der Waals surface area contributed by atoms with Crippen molar-refractivity contribution < 1.29 is 22.3 Å². The lowest BCUT2D eigenvalue weighted by Crippen LogP contribution is -2.40. The van der Waals surface area contributed by atoms with E-state index in [0.29, 0.717) is 25.3 Å². The minimum absolute atomic E-state index is 0.0200. The summed E-state index contributed by atoms with van der Waals surface area (Å²) < 4.78 is 44.0. The largest absolute Gasteiger partial charge is 0.495 e. The summed E-state index contributed by atoms with van der Waals surface area (Å²) in [4.78, 5) is 6.32. The SMILES string of the molecule is COc1ccc(-c2nc(C#N)c(NCCCN(C)C)o2)cc1S(=O)(=O)N1CCOCC1. The highest BCUT2D eigenvalue weighted by molar-refractivity contribution is 7.89. The van der Waals surface area contributed by atoms with Gasteiger partial charge in [-0.15, -0.1) is 0 Å². The topological polar surface area (TPSA) is 121 Å². The summed E-state index contributed by atoms with van der Waals surface area (Å²) in [5.74, 6) is 0.654. The summed E-state index contributed by atoms with van der Waals surface area (Å²) in [6.07, 6.45) is 0.860. The normalized spacial score (nSPS) is 15.1. The molecule has 0 bridgehead atoms. The molecular formula is C20H27N5O5S. The molecule has 1 aliphatic heterocycles. The smallest absolute Gasteiger partial charge is 0.246 e. The van der Waals surface area contributed by atoms with Crippen molar-refractivity contribution in [3.05, 3.63) is 23.9 Å². The van der Waals surface area contributed by atoms with Crippen LogP contribution in [0.1, 0.15) is 12.1 Å². The minimum atomic E-state index is -3.80. The van der Waals surface area contributed by atoms with Crippen molar-refractivity contribution in [2.24, 2.45) is 0 Å². The van der Waals surface area contributed by atoms with E-state index in [-0.39, 0.29) is 41.2 Å². The first-order valence-corrected chi connectivity index (χ1v) is 11.4. The van der Waals surface area contributed by atoms with Gasteiger partial charge in [0, 0.05) is 25.2 Å². The molecule has 3 rings (SSSR count). The first-order chi connectivity index (χ1) is 14.9. The monoisotopic (exact) mass is 449 g/mol. The van der Waals surface area contributed by atoms with Crippen LogP contribution in [0.15, 0.2) is 27.5 Å². The molecule has 1 N–H and O–H groups in total. The van der Waals surface area contributed by atoms with Crippen molar-refractivity contribution in [1.82, 2.24) is 14.2 Å². The average molecular weight is 450 g/mol. The van der Waals surface area contributed by atoms with Crippen LogP contribution < -0.4 is 10.1 Å². The molecule has 1 aromatic heterocycles. The maximum absolute atomic E-state index is 13.2. The van der Waals surface area contributed by atoms with Gasteiger partial charge in [-0.1, -0.05) is 0 Å². The Kier molecular flexibility index (Phi) is 7.50.